The fraction of sp³-hybridized carbons (Fsp3) is 0.875. The Morgan fingerprint density at radius 3 is 2.74 bits per heavy atom. The van der Waals surface area contributed by atoms with Gasteiger partial charge in [0.15, 0.2) is 0 Å². The maximum atomic E-state index is 9.81. The number of terminal acetylenes is 1. The van der Waals surface area contributed by atoms with Crippen LogP contribution in [-0.4, -0.2) is 37.0 Å². The molecule has 1 unspecified atom stereocenters. The van der Waals surface area contributed by atoms with Crippen molar-refractivity contribution in [2.24, 2.45) is 5.92 Å². The van der Waals surface area contributed by atoms with E-state index in [4.69, 9.17) is 11.2 Å². The third-order valence-corrected chi connectivity index (χ3v) is 3.79. The average Bonchev–Trinajstić information content (AvgIpc) is 2.42. The fourth-order valence-electron chi connectivity index (χ4n) is 2.45. The van der Waals surface area contributed by atoms with E-state index in [0.29, 0.717) is 19.3 Å². The van der Waals surface area contributed by atoms with Crippen LogP contribution in [0.2, 0.25) is 0 Å². The molecule has 1 fully saturated rings. The van der Waals surface area contributed by atoms with Crippen LogP contribution in [0.5, 0.6) is 0 Å². The number of rotatable bonds is 9. The van der Waals surface area contributed by atoms with Crippen LogP contribution in [0.1, 0.15) is 51.9 Å². The van der Waals surface area contributed by atoms with Crippen molar-refractivity contribution in [2.45, 2.75) is 64.1 Å². The molecule has 19 heavy (non-hydrogen) atoms. The third-order valence-electron chi connectivity index (χ3n) is 3.79. The molecule has 1 aliphatic carbocycles. The minimum atomic E-state index is -0.396. The van der Waals surface area contributed by atoms with Gasteiger partial charge in [0.2, 0.25) is 0 Å². The topological polar surface area (TPSA) is 41.5 Å². The monoisotopic (exact) mass is 267 g/mol. The first-order valence-corrected chi connectivity index (χ1v) is 7.66. The maximum absolute atomic E-state index is 9.81. The van der Waals surface area contributed by atoms with Gasteiger partial charge < -0.3 is 15.2 Å². The number of aliphatic hydroxyl groups excluding tert-OH is 1. The van der Waals surface area contributed by atoms with E-state index in [2.05, 4.69) is 18.2 Å². The number of hydrogen-bond donors (Lipinski definition) is 2. The summed E-state index contributed by atoms with van der Waals surface area (Å²) in [5, 5.41) is 13.1. The molecule has 1 atom stereocenters. The molecule has 0 amide bonds. The molecule has 0 saturated heterocycles. The second-order valence-corrected chi connectivity index (χ2v) is 5.73. The summed E-state index contributed by atoms with van der Waals surface area (Å²) >= 11 is 0. The number of ether oxygens (including phenoxy) is 1. The molecule has 3 heteroatoms. The molecule has 1 saturated carbocycles. The highest BCUT2D eigenvalue weighted by Crippen LogP contribution is 2.25. The Hall–Kier alpha value is -0.560. The number of hydrogen-bond acceptors (Lipinski definition) is 3. The minimum Gasteiger partial charge on any atom is -0.389 e. The van der Waals surface area contributed by atoms with Gasteiger partial charge in [-0.25, -0.2) is 0 Å². The normalized spacial score (nSPS) is 24.9. The van der Waals surface area contributed by atoms with Crippen LogP contribution >= 0.6 is 0 Å². The van der Waals surface area contributed by atoms with Gasteiger partial charge in [0.25, 0.3) is 0 Å². The lowest BCUT2D eigenvalue weighted by Gasteiger charge is -2.27. The Labute approximate surface area is 118 Å². The molecule has 0 aromatic carbocycles. The lowest BCUT2D eigenvalue weighted by atomic mass is 9.89. The number of unbranched alkanes of at least 4 members (excludes halogenated alkanes) is 2. The summed E-state index contributed by atoms with van der Waals surface area (Å²) in [4.78, 5) is 0. The van der Waals surface area contributed by atoms with Gasteiger partial charge >= 0.3 is 0 Å². The largest absolute Gasteiger partial charge is 0.389 e. The second kappa shape index (κ2) is 10.3. The molecular formula is C16H29NO2. The average molecular weight is 267 g/mol. The number of aliphatic hydroxyl groups is 1. The molecule has 0 aromatic rings. The predicted molar refractivity (Wildman–Crippen MR) is 78.9 cm³/mol. The summed E-state index contributed by atoms with van der Waals surface area (Å²) in [5.41, 5.74) is 0. The van der Waals surface area contributed by atoms with Gasteiger partial charge in [-0.2, -0.15) is 0 Å². The van der Waals surface area contributed by atoms with E-state index in [0.717, 1.165) is 44.6 Å². The summed E-state index contributed by atoms with van der Waals surface area (Å²) in [7, 11) is 0. The van der Waals surface area contributed by atoms with Crippen LogP contribution in [0.3, 0.4) is 0 Å². The molecule has 110 valence electrons. The van der Waals surface area contributed by atoms with E-state index < -0.39 is 6.10 Å². The van der Waals surface area contributed by atoms with Crippen LogP contribution in [0.25, 0.3) is 0 Å². The molecule has 2 N–H and O–H groups in total. The molecule has 0 spiro atoms. The van der Waals surface area contributed by atoms with E-state index in [1.54, 1.807) is 0 Å². The van der Waals surface area contributed by atoms with E-state index in [9.17, 15) is 5.11 Å². The Morgan fingerprint density at radius 1 is 1.32 bits per heavy atom. The summed E-state index contributed by atoms with van der Waals surface area (Å²) < 4.78 is 5.77. The summed E-state index contributed by atoms with van der Waals surface area (Å²) in [6.07, 6.45) is 12.9. The molecule has 3 nitrogen and oxygen atoms in total. The SMILES string of the molecule is C#CCCCCNCC(O)COC1CCC(C)CC1. The van der Waals surface area contributed by atoms with Crippen molar-refractivity contribution in [1.29, 1.82) is 0 Å². The zero-order valence-electron chi connectivity index (χ0n) is 12.2. The number of nitrogens with one attached hydrogen (secondary N) is 1. The minimum absolute atomic E-state index is 0.362. The van der Waals surface area contributed by atoms with Gasteiger partial charge in [-0.3, -0.25) is 0 Å². The highest BCUT2D eigenvalue weighted by molar-refractivity contribution is 4.82. The van der Waals surface area contributed by atoms with Gasteiger partial charge in [0, 0.05) is 13.0 Å². The Balaban J connectivity index is 1.93. The quantitative estimate of drug-likeness (QED) is 0.498. The third kappa shape index (κ3) is 8.26. The van der Waals surface area contributed by atoms with Gasteiger partial charge in [-0.15, -0.1) is 12.3 Å². The van der Waals surface area contributed by atoms with Crippen LogP contribution in [0, 0.1) is 18.3 Å². The Morgan fingerprint density at radius 2 is 2.05 bits per heavy atom. The molecule has 0 heterocycles. The first-order chi connectivity index (χ1) is 9.22. The molecule has 0 aromatic heterocycles. The van der Waals surface area contributed by atoms with Gasteiger partial charge in [0.05, 0.1) is 18.8 Å². The molecule has 1 rings (SSSR count). The zero-order chi connectivity index (χ0) is 13.9. The van der Waals surface area contributed by atoms with Crippen molar-refractivity contribution in [3.63, 3.8) is 0 Å². The zero-order valence-corrected chi connectivity index (χ0v) is 12.2. The van der Waals surface area contributed by atoms with Crippen molar-refractivity contribution in [2.75, 3.05) is 19.7 Å². The van der Waals surface area contributed by atoms with Crippen LogP contribution in [-0.2, 0) is 4.74 Å². The van der Waals surface area contributed by atoms with Crippen LogP contribution < -0.4 is 5.32 Å². The van der Waals surface area contributed by atoms with Crippen LogP contribution in [0.4, 0.5) is 0 Å². The highest BCUT2D eigenvalue weighted by atomic mass is 16.5. The first kappa shape index (κ1) is 16.5. The van der Waals surface area contributed by atoms with E-state index in [-0.39, 0.29) is 0 Å². The lowest BCUT2D eigenvalue weighted by molar-refractivity contribution is -0.0277. The van der Waals surface area contributed by atoms with Gasteiger partial charge in [0.1, 0.15) is 0 Å². The van der Waals surface area contributed by atoms with Gasteiger partial charge in [-0.05, 0) is 51.0 Å². The van der Waals surface area contributed by atoms with E-state index in [1.807, 2.05) is 0 Å². The Bertz CT molecular complexity index is 254. The van der Waals surface area contributed by atoms with Crippen molar-refractivity contribution < 1.29 is 9.84 Å². The van der Waals surface area contributed by atoms with Crippen LogP contribution in [0.15, 0.2) is 0 Å². The lowest BCUT2D eigenvalue weighted by Crippen LogP contribution is -2.33. The molecule has 0 bridgehead atoms. The molecule has 1 aliphatic rings. The summed E-state index contributed by atoms with van der Waals surface area (Å²) in [5.74, 6) is 3.47. The van der Waals surface area contributed by atoms with E-state index in [1.165, 1.54) is 12.8 Å². The van der Waals surface area contributed by atoms with Crippen molar-refractivity contribution in [3.05, 3.63) is 0 Å². The Kier molecular flexibility index (Phi) is 8.90. The highest BCUT2D eigenvalue weighted by Gasteiger charge is 2.19. The summed E-state index contributed by atoms with van der Waals surface area (Å²) in [6.45, 7) is 4.28. The second-order valence-electron chi connectivity index (χ2n) is 5.73. The first-order valence-electron chi connectivity index (χ1n) is 7.66. The smallest absolute Gasteiger partial charge is 0.0897 e. The predicted octanol–water partition coefficient (Wildman–Crippen LogP) is 2.34. The maximum Gasteiger partial charge on any atom is 0.0897 e. The standard InChI is InChI=1S/C16H29NO2/c1-3-4-5-6-11-17-12-15(18)13-19-16-9-7-14(2)8-10-16/h1,14-18H,4-13H2,2H3. The van der Waals surface area contributed by atoms with Gasteiger partial charge in [-0.1, -0.05) is 6.92 Å². The van der Waals surface area contributed by atoms with Crippen molar-refractivity contribution in [3.8, 4) is 12.3 Å². The molecule has 0 aliphatic heterocycles. The van der Waals surface area contributed by atoms with E-state index >= 15 is 0 Å². The summed E-state index contributed by atoms with van der Waals surface area (Å²) in [6, 6.07) is 0. The fourth-order valence-corrected chi connectivity index (χ4v) is 2.45. The molecular weight excluding hydrogens is 238 g/mol. The van der Waals surface area contributed by atoms with Crippen molar-refractivity contribution >= 4 is 0 Å². The van der Waals surface area contributed by atoms with Crippen molar-refractivity contribution in [1.82, 2.24) is 5.32 Å². The molecule has 0 radical (unpaired) electrons.